The quantitative estimate of drug-likeness (QED) is 0.796. The van der Waals surface area contributed by atoms with Gasteiger partial charge in [-0.3, -0.25) is 0 Å². The summed E-state index contributed by atoms with van der Waals surface area (Å²) in [5.41, 5.74) is 2.15. The zero-order valence-electron chi connectivity index (χ0n) is 9.05. The summed E-state index contributed by atoms with van der Waals surface area (Å²) in [5.74, 6) is 0. The van der Waals surface area contributed by atoms with E-state index in [1.54, 1.807) is 24.3 Å². The van der Waals surface area contributed by atoms with Crippen LogP contribution in [0.25, 0.3) is 0 Å². The Morgan fingerprint density at radius 2 is 1.67 bits per heavy atom. The van der Waals surface area contributed by atoms with Crippen LogP contribution in [-0.4, -0.2) is 0 Å². The Balaban J connectivity index is 2.26. The van der Waals surface area contributed by atoms with E-state index in [0.29, 0.717) is 15.6 Å². The van der Waals surface area contributed by atoms with E-state index in [4.69, 9.17) is 28.5 Å². The van der Waals surface area contributed by atoms with Crippen LogP contribution < -0.4 is 5.32 Å². The van der Waals surface area contributed by atoms with Gasteiger partial charge in [-0.05, 0) is 52.3 Å². The third kappa shape index (κ3) is 2.97. The van der Waals surface area contributed by atoms with Gasteiger partial charge in [-0.25, -0.2) is 0 Å². The van der Waals surface area contributed by atoms with E-state index in [2.05, 4.69) is 21.2 Å². The van der Waals surface area contributed by atoms with Crippen LogP contribution in [-0.2, 0) is 0 Å². The maximum atomic E-state index is 8.79. The summed E-state index contributed by atoms with van der Waals surface area (Å²) in [6, 6.07) is 12.7. The lowest BCUT2D eigenvalue weighted by atomic mass is 10.2. The first kappa shape index (κ1) is 13.2. The Hall–Kier alpha value is -1.21. The fraction of sp³-hybridized carbons (Fsp3) is 0. The highest BCUT2D eigenvalue weighted by Gasteiger charge is 2.03. The smallest absolute Gasteiger partial charge is 0.101 e. The van der Waals surface area contributed by atoms with Crippen molar-refractivity contribution >= 4 is 50.5 Å². The Morgan fingerprint density at radius 1 is 1.00 bits per heavy atom. The molecule has 0 radical (unpaired) electrons. The molecule has 0 unspecified atom stereocenters. The summed E-state index contributed by atoms with van der Waals surface area (Å²) in [6.45, 7) is 0. The number of hydrogen-bond donors (Lipinski definition) is 1. The van der Waals surface area contributed by atoms with Gasteiger partial charge in [0.1, 0.15) is 6.07 Å². The van der Waals surface area contributed by atoms with Gasteiger partial charge in [-0.1, -0.05) is 23.2 Å². The largest absolute Gasteiger partial charge is 0.355 e. The van der Waals surface area contributed by atoms with Gasteiger partial charge >= 0.3 is 0 Å². The fourth-order valence-electron chi connectivity index (χ4n) is 1.42. The predicted molar refractivity (Wildman–Crippen MR) is 78.6 cm³/mol. The van der Waals surface area contributed by atoms with Gasteiger partial charge in [0.25, 0.3) is 0 Å². The number of nitrogens with one attached hydrogen (secondary N) is 1. The van der Waals surface area contributed by atoms with Crippen LogP contribution in [0.2, 0.25) is 10.0 Å². The number of nitriles is 1. The first-order valence-electron chi connectivity index (χ1n) is 5.02. The van der Waals surface area contributed by atoms with Crippen LogP contribution in [0.1, 0.15) is 5.56 Å². The molecule has 0 aliphatic rings. The lowest BCUT2D eigenvalue weighted by Crippen LogP contribution is -1.91. The van der Waals surface area contributed by atoms with Crippen LogP contribution >= 0.6 is 39.1 Å². The molecule has 0 aliphatic heterocycles. The second kappa shape index (κ2) is 5.62. The van der Waals surface area contributed by atoms with Gasteiger partial charge < -0.3 is 5.32 Å². The minimum Gasteiger partial charge on any atom is -0.355 e. The van der Waals surface area contributed by atoms with E-state index < -0.39 is 0 Å². The molecule has 0 amide bonds. The van der Waals surface area contributed by atoms with Crippen molar-refractivity contribution in [2.75, 3.05) is 5.32 Å². The van der Waals surface area contributed by atoms with Crippen molar-refractivity contribution in [3.63, 3.8) is 0 Å². The highest BCUT2D eigenvalue weighted by atomic mass is 79.9. The SMILES string of the molecule is N#Cc1ccc(Nc2ccc(Cl)c(Br)c2)cc1Cl. The Morgan fingerprint density at radius 3 is 2.28 bits per heavy atom. The van der Waals surface area contributed by atoms with Crippen molar-refractivity contribution in [3.05, 3.63) is 56.5 Å². The normalized spacial score (nSPS) is 9.89. The van der Waals surface area contributed by atoms with Crippen LogP contribution in [0.5, 0.6) is 0 Å². The number of benzene rings is 2. The lowest BCUT2D eigenvalue weighted by molar-refractivity contribution is 1.47. The average Bonchev–Trinajstić information content (AvgIpc) is 2.34. The molecule has 0 saturated heterocycles. The molecule has 0 spiro atoms. The van der Waals surface area contributed by atoms with Gasteiger partial charge in [0.2, 0.25) is 0 Å². The zero-order chi connectivity index (χ0) is 13.1. The summed E-state index contributed by atoms with van der Waals surface area (Å²) < 4.78 is 0.814. The number of nitrogens with zero attached hydrogens (tertiary/aromatic N) is 1. The van der Waals surface area contributed by atoms with Crippen molar-refractivity contribution in [2.24, 2.45) is 0 Å². The van der Waals surface area contributed by atoms with E-state index >= 15 is 0 Å². The highest BCUT2D eigenvalue weighted by molar-refractivity contribution is 9.10. The number of hydrogen-bond acceptors (Lipinski definition) is 2. The second-order valence-electron chi connectivity index (χ2n) is 3.56. The van der Waals surface area contributed by atoms with E-state index in [0.717, 1.165) is 15.8 Å². The Bertz CT molecular complexity index is 635. The van der Waals surface area contributed by atoms with Gasteiger partial charge in [0, 0.05) is 15.8 Å². The molecular formula is C13H7BrCl2N2. The monoisotopic (exact) mass is 340 g/mol. The molecule has 0 aromatic heterocycles. The fourth-order valence-corrected chi connectivity index (χ4v) is 2.14. The van der Waals surface area contributed by atoms with Gasteiger partial charge in [0.15, 0.2) is 0 Å². The van der Waals surface area contributed by atoms with Crippen LogP contribution in [0.3, 0.4) is 0 Å². The maximum Gasteiger partial charge on any atom is 0.101 e. The van der Waals surface area contributed by atoms with Gasteiger partial charge in [-0.2, -0.15) is 5.26 Å². The zero-order valence-corrected chi connectivity index (χ0v) is 12.1. The molecule has 90 valence electrons. The van der Waals surface area contributed by atoms with Gasteiger partial charge in [-0.15, -0.1) is 0 Å². The standard InChI is InChI=1S/C13H7BrCl2N2/c14-11-5-9(3-4-12(11)15)18-10-2-1-8(7-17)13(16)6-10/h1-6,18H. The van der Waals surface area contributed by atoms with Crippen molar-refractivity contribution in [1.29, 1.82) is 5.26 Å². The van der Waals surface area contributed by atoms with E-state index in [1.165, 1.54) is 0 Å². The van der Waals surface area contributed by atoms with Crippen molar-refractivity contribution < 1.29 is 0 Å². The molecule has 0 saturated carbocycles. The minimum absolute atomic E-state index is 0.426. The molecule has 0 fully saturated rings. The van der Waals surface area contributed by atoms with Crippen LogP contribution in [0, 0.1) is 11.3 Å². The summed E-state index contributed by atoms with van der Waals surface area (Å²) in [6.07, 6.45) is 0. The topological polar surface area (TPSA) is 35.8 Å². The van der Waals surface area contributed by atoms with Gasteiger partial charge in [0.05, 0.1) is 15.6 Å². The molecule has 2 aromatic carbocycles. The third-order valence-corrected chi connectivity index (χ3v) is 3.82. The molecule has 2 rings (SSSR count). The van der Waals surface area contributed by atoms with Crippen LogP contribution in [0.15, 0.2) is 40.9 Å². The summed E-state index contributed by atoms with van der Waals surface area (Å²) in [5, 5.41) is 13.0. The van der Waals surface area contributed by atoms with Crippen molar-refractivity contribution in [3.8, 4) is 6.07 Å². The predicted octanol–water partition coefficient (Wildman–Crippen LogP) is 5.37. The lowest BCUT2D eigenvalue weighted by Gasteiger charge is -2.08. The molecule has 0 heterocycles. The summed E-state index contributed by atoms with van der Waals surface area (Å²) >= 11 is 15.2. The molecule has 0 bridgehead atoms. The van der Waals surface area contributed by atoms with E-state index in [1.807, 2.05) is 18.2 Å². The van der Waals surface area contributed by atoms with Crippen LogP contribution in [0.4, 0.5) is 11.4 Å². The first-order valence-corrected chi connectivity index (χ1v) is 6.57. The maximum absolute atomic E-state index is 8.79. The summed E-state index contributed by atoms with van der Waals surface area (Å²) in [4.78, 5) is 0. The molecule has 1 N–H and O–H groups in total. The Labute approximate surface area is 123 Å². The highest BCUT2D eigenvalue weighted by Crippen LogP contribution is 2.28. The van der Waals surface area contributed by atoms with Crippen molar-refractivity contribution in [2.45, 2.75) is 0 Å². The molecule has 18 heavy (non-hydrogen) atoms. The average molecular weight is 342 g/mol. The Kier molecular flexibility index (Phi) is 4.13. The second-order valence-corrected chi connectivity index (χ2v) is 5.23. The molecule has 0 atom stereocenters. The number of halogens is 3. The molecule has 2 aromatic rings. The molecule has 5 heteroatoms. The number of anilines is 2. The molecular weight excluding hydrogens is 335 g/mol. The molecule has 0 aliphatic carbocycles. The third-order valence-electron chi connectivity index (χ3n) is 2.30. The molecule has 2 nitrogen and oxygen atoms in total. The first-order chi connectivity index (χ1) is 8.60. The summed E-state index contributed by atoms with van der Waals surface area (Å²) in [7, 11) is 0. The minimum atomic E-state index is 0.426. The van der Waals surface area contributed by atoms with Crippen molar-refractivity contribution in [1.82, 2.24) is 0 Å². The van der Waals surface area contributed by atoms with E-state index in [-0.39, 0.29) is 0 Å². The number of rotatable bonds is 2. The van der Waals surface area contributed by atoms with E-state index in [9.17, 15) is 0 Å².